The number of fused-ring (bicyclic) bond motifs is 1. The van der Waals surface area contributed by atoms with Crippen LogP contribution in [0.2, 0.25) is 5.02 Å². The highest BCUT2D eigenvalue weighted by molar-refractivity contribution is 6.31. The Hall–Kier alpha value is -1.32. The SMILES string of the molecule is Cc1nn(C)c(CC2(N)CCCCc3ccccc32)c1Cl. The maximum atomic E-state index is 6.85. The molecular weight excluding hydrogens is 282 g/mol. The number of rotatable bonds is 2. The second-order valence-corrected chi connectivity index (χ2v) is 6.54. The maximum absolute atomic E-state index is 6.85. The maximum Gasteiger partial charge on any atom is 0.0847 e. The average Bonchev–Trinajstić information content (AvgIpc) is 2.64. The number of hydrogen-bond acceptors (Lipinski definition) is 2. The van der Waals surface area contributed by atoms with E-state index in [2.05, 4.69) is 29.4 Å². The standard InChI is InChI=1S/C17H22ClN3/c1-12-16(18)15(21(2)20-12)11-17(19)10-6-5-8-13-7-3-4-9-14(13)17/h3-4,7,9H,5-6,8,10-11,19H2,1-2H3. The van der Waals surface area contributed by atoms with Crippen LogP contribution in [0.4, 0.5) is 0 Å². The van der Waals surface area contributed by atoms with Crippen molar-refractivity contribution in [2.45, 2.75) is 44.6 Å². The van der Waals surface area contributed by atoms with Gasteiger partial charge in [0.15, 0.2) is 0 Å². The summed E-state index contributed by atoms with van der Waals surface area (Å²) >= 11 is 6.42. The molecule has 1 heterocycles. The first-order chi connectivity index (χ1) is 10.0. The van der Waals surface area contributed by atoms with Crippen molar-refractivity contribution in [2.75, 3.05) is 0 Å². The molecule has 1 aliphatic rings. The number of nitrogens with two attached hydrogens (primary N) is 1. The first-order valence-electron chi connectivity index (χ1n) is 7.56. The molecule has 0 saturated heterocycles. The zero-order chi connectivity index (χ0) is 15.0. The van der Waals surface area contributed by atoms with Crippen LogP contribution in [0.3, 0.4) is 0 Å². The summed E-state index contributed by atoms with van der Waals surface area (Å²) in [6.07, 6.45) is 5.20. The highest BCUT2D eigenvalue weighted by atomic mass is 35.5. The Morgan fingerprint density at radius 1 is 1.33 bits per heavy atom. The number of nitrogens with zero attached hydrogens (tertiary/aromatic N) is 2. The van der Waals surface area contributed by atoms with Crippen LogP contribution in [-0.4, -0.2) is 9.78 Å². The largest absolute Gasteiger partial charge is 0.321 e. The highest BCUT2D eigenvalue weighted by Gasteiger charge is 2.33. The minimum atomic E-state index is -0.350. The Bertz CT molecular complexity index is 662. The fourth-order valence-electron chi connectivity index (χ4n) is 3.47. The van der Waals surface area contributed by atoms with Crippen molar-refractivity contribution in [3.05, 3.63) is 51.8 Å². The third-order valence-electron chi connectivity index (χ3n) is 4.62. The Labute approximate surface area is 131 Å². The predicted octanol–water partition coefficient (Wildman–Crippen LogP) is 3.51. The van der Waals surface area contributed by atoms with E-state index < -0.39 is 0 Å². The molecule has 0 amide bonds. The van der Waals surface area contributed by atoms with E-state index in [1.807, 2.05) is 18.7 Å². The van der Waals surface area contributed by atoms with E-state index in [0.717, 1.165) is 42.1 Å². The van der Waals surface area contributed by atoms with E-state index in [-0.39, 0.29) is 5.54 Å². The molecule has 112 valence electrons. The lowest BCUT2D eigenvalue weighted by atomic mass is 9.81. The van der Waals surface area contributed by atoms with Gasteiger partial charge in [-0.1, -0.05) is 42.3 Å². The molecule has 3 rings (SSSR count). The van der Waals surface area contributed by atoms with Crippen LogP contribution in [0.15, 0.2) is 24.3 Å². The van der Waals surface area contributed by atoms with Gasteiger partial charge < -0.3 is 5.73 Å². The van der Waals surface area contributed by atoms with Gasteiger partial charge in [-0.05, 0) is 37.3 Å². The van der Waals surface area contributed by atoms with E-state index in [1.54, 1.807) is 0 Å². The second-order valence-electron chi connectivity index (χ2n) is 6.17. The molecule has 1 aromatic carbocycles. The molecule has 4 heteroatoms. The van der Waals surface area contributed by atoms with Gasteiger partial charge in [-0.2, -0.15) is 5.10 Å². The molecule has 1 unspecified atom stereocenters. The molecule has 0 bridgehead atoms. The van der Waals surface area contributed by atoms with Crippen LogP contribution in [0.25, 0.3) is 0 Å². The molecule has 2 aromatic rings. The van der Waals surface area contributed by atoms with Crippen molar-refractivity contribution >= 4 is 11.6 Å². The van der Waals surface area contributed by atoms with Crippen LogP contribution in [-0.2, 0) is 25.4 Å². The summed E-state index contributed by atoms with van der Waals surface area (Å²) in [5, 5.41) is 5.17. The second kappa shape index (κ2) is 5.47. The third-order valence-corrected chi connectivity index (χ3v) is 5.11. The van der Waals surface area contributed by atoms with Crippen molar-refractivity contribution in [1.29, 1.82) is 0 Å². The lowest BCUT2D eigenvalue weighted by molar-refractivity contribution is 0.388. The predicted molar refractivity (Wildman–Crippen MR) is 86.5 cm³/mol. The minimum Gasteiger partial charge on any atom is -0.321 e. The fraction of sp³-hybridized carbons (Fsp3) is 0.471. The van der Waals surface area contributed by atoms with Crippen LogP contribution < -0.4 is 5.73 Å². The number of aromatic nitrogens is 2. The minimum absolute atomic E-state index is 0.350. The smallest absolute Gasteiger partial charge is 0.0847 e. The third kappa shape index (κ3) is 2.60. The van der Waals surface area contributed by atoms with Crippen LogP contribution in [0, 0.1) is 6.92 Å². The Morgan fingerprint density at radius 2 is 2.10 bits per heavy atom. The molecule has 1 aliphatic carbocycles. The Kier molecular flexibility index (Phi) is 3.80. The van der Waals surface area contributed by atoms with E-state index in [9.17, 15) is 0 Å². The van der Waals surface area contributed by atoms with Crippen LogP contribution >= 0.6 is 11.6 Å². The molecule has 3 nitrogen and oxygen atoms in total. The number of hydrogen-bond donors (Lipinski definition) is 1. The van der Waals surface area contributed by atoms with Gasteiger partial charge in [0.05, 0.1) is 16.4 Å². The summed E-state index contributed by atoms with van der Waals surface area (Å²) in [5.74, 6) is 0. The van der Waals surface area contributed by atoms with Crippen molar-refractivity contribution in [2.24, 2.45) is 12.8 Å². The summed E-state index contributed by atoms with van der Waals surface area (Å²) in [7, 11) is 1.94. The summed E-state index contributed by atoms with van der Waals surface area (Å²) in [6.45, 7) is 1.94. The van der Waals surface area contributed by atoms with E-state index in [0.29, 0.717) is 0 Å². The summed E-state index contributed by atoms with van der Waals surface area (Å²) in [6, 6.07) is 8.57. The summed E-state index contributed by atoms with van der Waals surface area (Å²) < 4.78 is 1.87. The van der Waals surface area contributed by atoms with E-state index in [4.69, 9.17) is 17.3 Å². The van der Waals surface area contributed by atoms with Gasteiger partial charge in [-0.25, -0.2) is 0 Å². The van der Waals surface area contributed by atoms with Crippen molar-refractivity contribution in [1.82, 2.24) is 9.78 Å². The molecule has 0 fully saturated rings. The van der Waals surface area contributed by atoms with Crippen LogP contribution in [0.1, 0.15) is 41.8 Å². The van der Waals surface area contributed by atoms with Gasteiger partial charge in [0.25, 0.3) is 0 Å². The molecular formula is C17H22ClN3. The van der Waals surface area contributed by atoms with Gasteiger partial charge >= 0.3 is 0 Å². The van der Waals surface area contributed by atoms with Gasteiger partial charge in [0.2, 0.25) is 0 Å². The van der Waals surface area contributed by atoms with Crippen molar-refractivity contribution < 1.29 is 0 Å². The molecule has 21 heavy (non-hydrogen) atoms. The Balaban J connectivity index is 2.04. The summed E-state index contributed by atoms with van der Waals surface area (Å²) in [5.41, 5.74) is 11.1. The number of aryl methyl sites for hydroxylation is 3. The normalized spacial score (nSPS) is 21.9. The lowest BCUT2D eigenvalue weighted by Gasteiger charge is -2.30. The zero-order valence-electron chi connectivity index (χ0n) is 12.7. The van der Waals surface area contributed by atoms with E-state index in [1.165, 1.54) is 17.5 Å². The molecule has 0 spiro atoms. The molecule has 0 aliphatic heterocycles. The van der Waals surface area contributed by atoms with Gasteiger partial charge in [-0.3, -0.25) is 4.68 Å². The topological polar surface area (TPSA) is 43.8 Å². The molecule has 1 atom stereocenters. The molecule has 1 aromatic heterocycles. The lowest BCUT2D eigenvalue weighted by Crippen LogP contribution is -2.40. The van der Waals surface area contributed by atoms with Gasteiger partial charge in [-0.15, -0.1) is 0 Å². The molecule has 0 radical (unpaired) electrons. The summed E-state index contributed by atoms with van der Waals surface area (Å²) in [4.78, 5) is 0. The fourth-order valence-corrected chi connectivity index (χ4v) is 3.70. The highest BCUT2D eigenvalue weighted by Crippen LogP contribution is 2.36. The Morgan fingerprint density at radius 3 is 2.81 bits per heavy atom. The molecule has 0 saturated carbocycles. The first kappa shape index (κ1) is 14.6. The van der Waals surface area contributed by atoms with Crippen molar-refractivity contribution in [3.8, 4) is 0 Å². The monoisotopic (exact) mass is 303 g/mol. The van der Waals surface area contributed by atoms with E-state index >= 15 is 0 Å². The van der Waals surface area contributed by atoms with Gasteiger partial charge in [0.1, 0.15) is 0 Å². The van der Waals surface area contributed by atoms with Crippen LogP contribution in [0.5, 0.6) is 0 Å². The quantitative estimate of drug-likeness (QED) is 0.863. The number of halogens is 1. The van der Waals surface area contributed by atoms with Crippen molar-refractivity contribution in [3.63, 3.8) is 0 Å². The molecule has 2 N–H and O–H groups in total. The van der Waals surface area contributed by atoms with Gasteiger partial charge in [0, 0.05) is 19.0 Å². The zero-order valence-corrected chi connectivity index (χ0v) is 13.5. The first-order valence-corrected chi connectivity index (χ1v) is 7.94. The average molecular weight is 304 g/mol. The number of benzene rings is 1.